The molecule has 0 radical (unpaired) electrons. The Kier molecular flexibility index (Phi) is 5.59. The molecule has 0 aliphatic carbocycles. The smallest absolute Gasteiger partial charge is 0.268 e. The highest BCUT2D eigenvalue weighted by Crippen LogP contribution is 2.41. The van der Waals surface area contributed by atoms with E-state index in [0.29, 0.717) is 22.2 Å². The molecule has 0 saturated heterocycles. The second-order valence-corrected chi connectivity index (χ2v) is 8.01. The lowest BCUT2D eigenvalue weighted by Gasteiger charge is -2.17. The van der Waals surface area contributed by atoms with E-state index in [4.69, 9.17) is 21.4 Å². The number of nitrogens with zero attached hydrogens (tertiary/aromatic N) is 1. The second-order valence-electron chi connectivity index (χ2n) is 6.55. The average Bonchev–Trinajstić information content (AvgIpc) is 3.08. The molecule has 1 aliphatic rings. The zero-order chi connectivity index (χ0) is 20.4. The predicted molar refractivity (Wildman–Crippen MR) is 117 cm³/mol. The Morgan fingerprint density at radius 2 is 2.10 bits per heavy atom. The molecule has 146 valence electrons. The number of fused-ring (bicyclic) bond motifs is 3. The van der Waals surface area contributed by atoms with Crippen LogP contribution in [0.25, 0.3) is 10.4 Å². The van der Waals surface area contributed by atoms with Crippen molar-refractivity contribution in [3.63, 3.8) is 0 Å². The number of hydrogen-bond donors (Lipinski definition) is 1. The molecule has 1 aliphatic heterocycles. The molecule has 2 aromatic carbocycles. The standard InChI is InChI=1S/C23H18ClNO3S/c1-25(19-7-3-2-6-18(19)24)23(27)21-14-16-10-12-28-20-13-15(5-4-11-26)8-9-17(20)22(16)29-21/h2-3,6-9,13-14,26H,10-12H2,1H3. The van der Waals surface area contributed by atoms with Crippen molar-refractivity contribution in [2.75, 3.05) is 25.2 Å². The lowest BCUT2D eigenvalue weighted by Crippen LogP contribution is -2.25. The van der Waals surface area contributed by atoms with Crippen molar-refractivity contribution >= 4 is 34.5 Å². The largest absolute Gasteiger partial charge is 0.493 e. The number of halogens is 1. The van der Waals surface area contributed by atoms with E-state index in [-0.39, 0.29) is 12.5 Å². The average molecular weight is 424 g/mol. The van der Waals surface area contributed by atoms with Crippen LogP contribution in [0.4, 0.5) is 5.69 Å². The van der Waals surface area contributed by atoms with Gasteiger partial charge in [0.2, 0.25) is 0 Å². The summed E-state index contributed by atoms with van der Waals surface area (Å²) in [5, 5.41) is 9.43. The van der Waals surface area contributed by atoms with E-state index in [1.54, 1.807) is 18.0 Å². The van der Waals surface area contributed by atoms with Crippen LogP contribution >= 0.6 is 22.9 Å². The SMILES string of the molecule is CN(C(=O)c1cc2c(s1)-c1ccc(C#CCO)cc1OCC2)c1ccccc1Cl. The summed E-state index contributed by atoms with van der Waals surface area (Å²) < 4.78 is 5.91. The summed E-state index contributed by atoms with van der Waals surface area (Å²) in [4.78, 5) is 16.4. The van der Waals surface area contributed by atoms with Crippen molar-refractivity contribution in [2.45, 2.75) is 6.42 Å². The number of anilines is 1. The van der Waals surface area contributed by atoms with Gasteiger partial charge in [-0.05, 0) is 42.0 Å². The van der Waals surface area contributed by atoms with E-state index in [1.165, 1.54) is 11.3 Å². The van der Waals surface area contributed by atoms with Crippen LogP contribution in [0.2, 0.25) is 5.02 Å². The summed E-state index contributed by atoms with van der Waals surface area (Å²) in [6, 6.07) is 15.0. The summed E-state index contributed by atoms with van der Waals surface area (Å²) >= 11 is 7.72. The van der Waals surface area contributed by atoms with Crippen LogP contribution in [0, 0.1) is 11.8 Å². The quantitative estimate of drug-likeness (QED) is 0.612. The van der Waals surface area contributed by atoms with E-state index in [0.717, 1.165) is 33.7 Å². The van der Waals surface area contributed by atoms with Crippen LogP contribution in [-0.4, -0.2) is 31.3 Å². The van der Waals surface area contributed by atoms with Crippen molar-refractivity contribution in [2.24, 2.45) is 0 Å². The number of para-hydroxylation sites is 1. The molecule has 1 N–H and O–H groups in total. The molecule has 1 aromatic heterocycles. The highest BCUT2D eigenvalue weighted by molar-refractivity contribution is 7.17. The van der Waals surface area contributed by atoms with Crippen LogP contribution in [-0.2, 0) is 6.42 Å². The first-order valence-electron chi connectivity index (χ1n) is 9.10. The van der Waals surface area contributed by atoms with Gasteiger partial charge in [-0.1, -0.05) is 35.6 Å². The summed E-state index contributed by atoms with van der Waals surface area (Å²) in [6.07, 6.45) is 0.723. The Balaban J connectivity index is 1.70. The van der Waals surface area contributed by atoms with Crippen molar-refractivity contribution in [3.8, 4) is 28.0 Å². The first-order valence-corrected chi connectivity index (χ1v) is 10.3. The molecule has 0 spiro atoms. The minimum atomic E-state index is -0.183. The number of rotatable bonds is 2. The van der Waals surface area contributed by atoms with Crippen molar-refractivity contribution in [3.05, 3.63) is 69.6 Å². The summed E-state index contributed by atoms with van der Waals surface area (Å²) in [7, 11) is 1.73. The molecule has 0 saturated carbocycles. The maximum Gasteiger partial charge on any atom is 0.268 e. The van der Waals surface area contributed by atoms with E-state index in [2.05, 4.69) is 11.8 Å². The van der Waals surface area contributed by atoms with Gasteiger partial charge in [0.05, 0.1) is 22.2 Å². The number of amides is 1. The van der Waals surface area contributed by atoms with Gasteiger partial charge >= 0.3 is 0 Å². The van der Waals surface area contributed by atoms with Gasteiger partial charge in [0.25, 0.3) is 5.91 Å². The van der Waals surface area contributed by atoms with Crippen LogP contribution in [0.15, 0.2) is 48.5 Å². The molecule has 4 rings (SSSR count). The number of hydrogen-bond acceptors (Lipinski definition) is 4. The normalized spacial score (nSPS) is 12.0. The fraction of sp³-hybridized carbons (Fsp3) is 0.174. The fourth-order valence-electron chi connectivity index (χ4n) is 3.27. The van der Waals surface area contributed by atoms with Crippen LogP contribution in [0.3, 0.4) is 0 Å². The number of thiophene rings is 1. The maximum atomic E-state index is 13.1. The number of aliphatic hydroxyl groups excluding tert-OH is 1. The monoisotopic (exact) mass is 423 g/mol. The first-order chi connectivity index (χ1) is 14.1. The van der Waals surface area contributed by atoms with Gasteiger partial charge in [-0.25, -0.2) is 0 Å². The summed E-state index contributed by atoms with van der Waals surface area (Å²) in [5.74, 6) is 6.20. The molecule has 6 heteroatoms. The highest BCUT2D eigenvalue weighted by atomic mass is 35.5. The third-order valence-corrected chi connectivity index (χ3v) is 6.22. The molecule has 0 fully saturated rings. The molecule has 3 aromatic rings. The molecular formula is C23H18ClNO3S. The van der Waals surface area contributed by atoms with Gasteiger partial charge in [-0.15, -0.1) is 11.3 Å². The zero-order valence-corrected chi connectivity index (χ0v) is 17.3. The van der Waals surface area contributed by atoms with Gasteiger partial charge in [-0.2, -0.15) is 0 Å². The van der Waals surface area contributed by atoms with Crippen LogP contribution in [0.5, 0.6) is 5.75 Å². The first kappa shape index (κ1) is 19.5. The minimum Gasteiger partial charge on any atom is -0.493 e. The minimum absolute atomic E-state index is 0.0934. The predicted octanol–water partition coefficient (Wildman–Crippen LogP) is 4.62. The molecule has 1 amide bonds. The van der Waals surface area contributed by atoms with Crippen LogP contribution < -0.4 is 9.64 Å². The van der Waals surface area contributed by atoms with Gasteiger partial charge in [0.1, 0.15) is 12.4 Å². The second kappa shape index (κ2) is 8.30. The Labute approximate surface area is 178 Å². The van der Waals surface area contributed by atoms with E-state index < -0.39 is 0 Å². The zero-order valence-electron chi connectivity index (χ0n) is 15.7. The molecule has 2 heterocycles. The van der Waals surface area contributed by atoms with Gasteiger partial charge in [0, 0.05) is 29.5 Å². The number of ether oxygens (including phenoxy) is 1. The molecule has 0 unspecified atom stereocenters. The number of carbonyl (C=O) groups excluding carboxylic acids is 1. The lowest BCUT2D eigenvalue weighted by molar-refractivity contribution is 0.0996. The van der Waals surface area contributed by atoms with Crippen molar-refractivity contribution in [1.29, 1.82) is 0 Å². The fourth-order valence-corrected chi connectivity index (χ4v) is 4.74. The Morgan fingerprint density at radius 3 is 2.90 bits per heavy atom. The lowest BCUT2D eigenvalue weighted by atomic mass is 10.1. The summed E-state index contributed by atoms with van der Waals surface area (Å²) in [5.41, 5.74) is 3.52. The van der Waals surface area contributed by atoms with Gasteiger partial charge in [0.15, 0.2) is 0 Å². The third-order valence-electron chi connectivity index (χ3n) is 4.71. The molecular weight excluding hydrogens is 406 g/mol. The van der Waals surface area contributed by atoms with Gasteiger partial charge in [-0.3, -0.25) is 4.79 Å². The molecule has 0 bridgehead atoms. The topological polar surface area (TPSA) is 49.8 Å². The highest BCUT2D eigenvalue weighted by Gasteiger charge is 2.24. The van der Waals surface area contributed by atoms with Crippen molar-refractivity contribution < 1.29 is 14.6 Å². The maximum absolute atomic E-state index is 13.1. The Morgan fingerprint density at radius 1 is 1.28 bits per heavy atom. The molecule has 4 nitrogen and oxygen atoms in total. The summed E-state index contributed by atoms with van der Waals surface area (Å²) in [6.45, 7) is 0.346. The molecule has 29 heavy (non-hydrogen) atoms. The van der Waals surface area contributed by atoms with E-state index in [9.17, 15) is 4.79 Å². The van der Waals surface area contributed by atoms with E-state index in [1.807, 2.05) is 42.5 Å². The Hall–Kier alpha value is -2.78. The Bertz CT molecular complexity index is 1140. The van der Waals surface area contributed by atoms with Crippen LogP contribution in [0.1, 0.15) is 20.8 Å². The third kappa shape index (κ3) is 3.88. The number of carbonyl (C=O) groups is 1. The van der Waals surface area contributed by atoms with Crippen molar-refractivity contribution in [1.82, 2.24) is 0 Å². The molecule has 0 atom stereocenters. The number of aliphatic hydroxyl groups is 1. The van der Waals surface area contributed by atoms with Gasteiger partial charge < -0.3 is 14.7 Å². The van der Waals surface area contributed by atoms with E-state index >= 15 is 0 Å². The number of benzene rings is 2.